The fourth-order valence-corrected chi connectivity index (χ4v) is 3.13. The SMILES string of the molecule is COCCn1cc(NC(=O)Cc2ccc(Oc3ccnc4cc(OC)ncc34)cc2)cn1. The molecule has 32 heavy (non-hydrogen) atoms. The zero-order chi connectivity index (χ0) is 22.3. The molecule has 0 aliphatic rings. The predicted octanol–water partition coefficient (Wildman–Crippen LogP) is 3.45. The number of hydrogen-bond donors (Lipinski definition) is 1. The van der Waals surface area contributed by atoms with Crippen molar-refractivity contribution in [3.05, 3.63) is 66.7 Å². The van der Waals surface area contributed by atoms with Crippen LogP contribution in [-0.2, 0) is 22.5 Å². The van der Waals surface area contributed by atoms with E-state index in [1.807, 2.05) is 24.3 Å². The highest BCUT2D eigenvalue weighted by molar-refractivity contribution is 5.92. The van der Waals surface area contributed by atoms with Gasteiger partial charge in [-0.05, 0) is 23.8 Å². The average molecular weight is 433 g/mol. The van der Waals surface area contributed by atoms with Crippen LogP contribution in [0.3, 0.4) is 0 Å². The van der Waals surface area contributed by atoms with E-state index in [9.17, 15) is 4.79 Å². The van der Waals surface area contributed by atoms with Gasteiger partial charge in [-0.15, -0.1) is 0 Å². The van der Waals surface area contributed by atoms with Crippen molar-refractivity contribution in [2.45, 2.75) is 13.0 Å². The van der Waals surface area contributed by atoms with E-state index in [0.717, 1.165) is 16.5 Å². The summed E-state index contributed by atoms with van der Waals surface area (Å²) in [5.74, 6) is 1.66. The molecule has 1 aromatic carbocycles. The van der Waals surface area contributed by atoms with Crippen molar-refractivity contribution in [2.75, 3.05) is 26.1 Å². The summed E-state index contributed by atoms with van der Waals surface area (Å²) in [4.78, 5) is 20.9. The maximum absolute atomic E-state index is 12.4. The van der Waals surface area contributed by atoms with E-state index in [-0.39, 0.29) is 12.3 Å². The quantitative estimate of drug-likeness (QED) is 0.431. The van der Waals surface area contributed by atoms with Crippen LogP contribution in [0.25, 0.3) is 10.9 Å². The van der Waals surface area contributed by atoms with E-state index in [1.165, 1.54) is 0 Å². The molecule has 0 unspecified atom stereocenters. The third-order valence-corrected chi connectivity index (χ3v) is 4.73. The average Bonchev–Trinajstić information content (AvgIpc) is 3.25. The maximum atomic E-state index is 12.4. The number of pyridine rings is 2. The number of carbonyl (C=O) groups is 1. The molecule has 0 bridgehead atoms. The zero-order valence-corrected chi connectivity index (χ0v) is 17.8. The minimum absolute atomic E-state index is 0.120. The van der Waals surface area contributed by atoms with Gasteiger partial charge in [0.1, 0.15) is 11.5 Å². The molecular formula is C23H23N5O4. The van der Waals surface area contributed by atoms with E-state index >= 15 is 0 Å². The molecule has 0 atom stereocenters. The standard InChI is InChI=1S/C23H23N5O4/c1-30-10-9-28-15-17(13-26-28)27-22(29)11-16-3-5-18(6-4-16)32-21-7-8-24-20-12-23(31-2)25-14-19(20)21/h3-8,12-15H,9-11H2,1-2H3,(H,27,29). The molecule has 3 heterocycles. The first kappa shape index (κ1) is 21.3. The summed E-state index contributed by atoms with van der Waals surface area (Å²) >= 11 is 0. The van der Waals surface area contributed by atoms with E-state index < -0.39 is 0 Å². The number of hydrogen-bond acceptors (Lipinski definition) is 7. The van der Waals surface area contributed by atoms with Crippen molar-refractivity contribution in [1.29, 1.82) is 0 Å². The minimum Gasteiger partial charge on any atom is -0.481 e. The number of nitrogens with zero attached hydrogens (tertiary/aromatic N) is 4. The highest BCUT2D eigenvalue weighted by Gasteiger charge is 2.09. The normalized spacial score (nSPS) is 10.8. The number of ether oxygens (including phenoxy) is 3. The van der Waals surface area contributed by atoms with E-state index in [0.29, 0.717) is 36.2 Å². The molecule has 0 saturated carbocycles. The third kappa shape index (κ3) is 5.19. The molecule has 1 amide bonds. The summed E-state index contributed by atoms with van der Waals surface area (Å²) in [6.45, 7) is 1.19. The fourth-order valence-electron chi connectivity index (χ4n) is 3.13. The van der Waals surface area contributed by atoms with Crippen LogP contribution in [-0.4, -0.2) is 46.5 Å². The van der Waals surface area contributed by atoms with Crippen molar-refractivity contribution in [2.24, 2.45) is 0 Å². The predicted molar refractivity (Wildman–Crippen MR) is 119 cm³/mol. The smallest absolute Gasteiger partial charge is 0.228 e. The Balaban J connectivity index is 1.37. The highest BCUT2D eigenvalue weighted by atomic mass is 16.5. The molecule has 4 rings (SSSR count). The number of amides is 1. The van der Waals surface area contributed by atoms with Gasteiger partial charge in [-0.2, -0.15) is 5.10 Å². The van der Waals surface area contributed by atoms with Gasteiger partial charge in [0.05, 0.1) is 49.5 Å². The molecule has 164 valence electrons. The lowest BCUT2D eigenvalue weighted by Gasteiger charge is -2.10. The Morgan fingerprint density at radius 3 is 2.72 bits per heavy atom. The second-order valence-electron chi connectivity index (χ2n) is 7.01. The van der Waals surface area contributed by atoms with Gasteiger partial charge in [0, 0.05) is 31.8 Å². The fraction of sp³-hybridized carbons (Fsp3) is 0.217. The lowest BCUT2D eigenvalue weighted by molar-refractivity contribution is -0.115. The Labute approximate surface area is 185 Å². The minimum atomic E-state index is -0.120. The molecule has 9 nitrogen and oxygen atoms in total. The van der Waals surface area contributed by atoms with Crippen LogP contribution in [0.15, 0.2) is 61.2 Å². The summed E-state index contributed by atoms with van der Waals surface area (Å²) in [6.07, 6.45) is 6.98. The lowest BCUT2D eigenvalue weighted by Crippen LogP contribution is -2.14. The number of nitrogens with one attached hydrogen (secondary N) is 1. The van der Waals surface area contributed by atoms with Gasteiger partial charge in [-0.25, -0.2) is 4.98 Å². The number of methoxy groups -OCH3 is 2. The molecule has 0 aliphatic carbocycles. The first-order valence-electron chi connectivity index (χ1n) is 10.0. The number of carbonyl (C=O) groups excluding carboxylic acids is 1. The molecule has 1 N–H and O–H groups in total. The number of aromatic nitrogens is 4. The van der Waals surface area contributed by atoms with Gasteiger partial charge in [-0.1, -0.05) is 12.1 Å². The summed E-state index contributed by atoms with van der Waals surface area (Å²) in [5.41, 5.74) is 2.25. The largest absolute Gasteiger partial charge is 0.481 e. The van der Waals surface area contributed by atoms with Crippen LogP contribution in [0.1, 0.15) is 5.56 Å². The van der Waals surface area contributed by atoms with Crippen LogP contribution < -0.4 is 14.8 Å². The molecule has 0 saturated heterocycles. The maximum Gasteiger partial charge on any atom is 0.228 e. The van der Waals surface area contributed by atoms with Gasteiger partial charge in [0.2, 0.25) is 11.8 Å². The summed E-state index contributed by atoms with van der Waals surface area (Å²) < 4.78 is 17.9. The van der Waals surface area contributed by atoms with Crippen molar-refractivity contribution >= 4 is 22.5 Å². The van der Waals surface area contributed by atoms with Gasteiger partial charge < -0.3 is 19.5 Å². The number of rotatable bonds is 9. The van der Waals surface area contributed by atoms with E-state index in [1.54, 1.807) is 55.8 Å². The third-order valence-electron chi connectivity index (χ3n) is 4.73. The Hall–Kier alpha value is -3.98. The summed E-state index contributed by atoms with van der Waals surface area (Å²) in [7, 11) is 3.20. The van der Waals surface area contributed by atoms with Gasteiger partial charge in [0.15, 0.2) is 0 Å². The second kappa shape index (κ2) is 9.88. The molecule has 0 aliphatic heterocycles. The number of fused-ring (bicyclic) bond motifs is 1. The van der Waals surface area contributed by atoms with Crippen LogP contribution in [0.4, 0.5) is 5.69 Å². The van der Waals surface area contributed by atoms with Crippen LogP contribution >= 0.6 is 0 Å². The Bertz CT molecular complexity index is 1210. The first-order valence-corrected chi connectivity index (χ1v) is 10.0. The van der Waals surface area contributed by atoms with E-state index in [2.05, 4.69) is 20.4 Å². The highest BCUT2D eigenvalue weighted by Crippen LogP contribution is 2.29. The monoisotopic (exact) mass is 433 g/mol. The molecular weight excluding hydrogens is 410 g/mol. The molecule has 0 radical (unpaired) electrons. The molecule has 0 spiro atoms. The van der Waals surface area contributed by atoms with Crippen LogP contribution in [0.2, 0.25) is 0 Å². The molecule has 0 fully saturated rings. The van der Waals surface area contributed by atoms with Crippen LogP contribution in [0.5, 0.6) is 17.4 Å². The zero-order valence-electron chi connectivity index (χ0n) is 17.8. The Morgan fingerprint density at radius 2 is 1.94 bits per heavy atom. The van der Waals surface area contributed by atoms with E-state index in [4.69, 9.17) is 14.2 Å². The topological polar surface area (TPSA) is 100 Å². The Morgan fingerprint density at radius 1 is 1.09 bits per heavy atom. The summed E-state index contributed by atoms with van der Waals surface area (Å²) in [6, 6.07) is 10.9. The van der Waals surface area contributed by atoms with Crippen molar-refractivity contribution in [3.63, 3.8) is 0 Å². The first-order chi connectivity index (χ1) is 15.6. The summed E-state index contributed by atoms with van der Waals surface area (Å²) in [5, 5.41) is 7.82. The number of anilines is 1. The molecule has 4 aromatic rings. The molecule has 9 heteroatoms. The number of benzene rings is 1. The molecule has 3 aromatic heterocycles. The van der Waals surface area contributed by atoms with Crippen molar-refractivity contribution < 1.29 is 19.0 Å². The van der Waals surface area contributed by atoms with Gasteiger partial charge in [-0.3, -0.25) is 14.5 Å². The lowest BCUT2D eigenvalue weighted by atomic mass is 10.1. The second-order valence-corrected chi connectivity index (χ2v) is 7.01. The van der Waals surface area contributed by atoms with Crippen LogP contribution in [0, 0.1) is 0 Å². The Kier molecular flexibility index (Phi) is 6.57. The van der Waals surface area contributed by atoms with Gasteiger partial charge in [0.25, 0.3) is 0 Å². The van der Waals surface area contributed by atoms with Crippen molar-refractivity contribution in [1.82, 2.24) is 19.7 Å². The van der Waals surface area contributed by atoms with Gasteiger partial charge >= 0.3 is 0 Å². The van der Waals surface area contributed by atoms with Crippen molar-refractivity contribution in [3.8, 4) is 17.4 Å².